The molecule has 1 N–H and O–H groups in total. The lowest BCUT2D eigenvalue weighted by atomic mass is 10.2. The predicted octanol–water partition coefficient (Wildman–Crippen LogP) is 1.84. The highest BCUT2D eigenvalue weighted by Gasteiger charge is 2.10. The number of imidazole rings is 1. The molecule has 5 nitrogen and oxygen atoms in total. The van der Waals surface area contributed by atoms with Gasteiger partial charge < -0.3 is 14.3 Å². The van der Waals surface area contributed by atoms with E-state index in [4.69, 9.17) is 4.42 Å². The van der Waals surface area contributed by atoms with Gasteiger partial charge in [-0.25, -0.2) is 4.98 Å². The van der Waals surface area contributed by atoms with Crippen LogP contribution in [-0.4, -0.2) is 27.8 Å². The fourth-order valence-electron chi connectivity index (χ4n) is 1.51. The van der Waals surface area contributed by atoms with Crippen LogP contribution in [0, 0.1) is 6.92 Å². The van der Waals surface area contributed by atoms with Gasteiger partial charge in [-0.2, -0.15) is 0 Å². The summed E-state index contributed by atoms with van der Waals surface area (Å²) in [6.07, 6.45) is 5.18. The van der Waals surface area contributed by atoms with Crippen LogP contribution >= 0.6 is 11.8 Å². The SMILES string of the molecule is Cc1occc1C(=O)NCCSc1nccn1C. The lowest BCUT2D eigenvalue weighted by molar-refractivity contribution is 0.0954. The van der Waals surface area contributed by atoms with Crippen molar-refractivity contribution in [1.29, 1.82) is 0 Å². The molecule has 18 heavy (non-hydrogen) atoms. The number of nitrogens with zero attached hydrogens (tertiary/aromatic N) is 2. The first-order valence-electron chi connectivity index (χ1n) is 5.61. The molecule has 0 fully saturated rings. The van der Waals surface area contributed by atoms with E-state index < -0.39 is 0 Å². The molecular formula is C12H15N3O2S. The largest absolute Gasteiger partial charge is 0.469 e. The van der Waals surface area contributed by atoms with Crippen molar-refractivity contribution in [1.82, 2.24) is 14.9 Å². The average Bonchev–Trinajstić information content (AvgIpc) is 2.94. The molecule has 0 unspecified atom stereocenters. The Bertz CT molecular complexity index is 533. The smallest absolute Gasteiger partial charge is 0.254 e. The Balaban J connectivity index is 1.75. The number of hydrogen-bond donors (Lipinski definition) is 1. The molecule has 1 amide bonds. The van der Waals surface area contributed by atoms with Crippen LogP contribution in [0.1, 0.15) is 16.1 Å². The number of nitrogens with one attached hydrogen (secondary N) is 1. The summed E-state index contributed by atoms with van der Waals surface area (Å²) in [5.41, 5.74) is 0.594. The second-order valence-corrected chi connectivity index (χ2v) is 4.88. The minimum atomic E-state index is -0.0957. The molecule has 0 aliphatic rings. The molecule has 6 heteroatoms. The highest BCUT2D eigenvalue weighted by atomic mass is 32.2. The van der Waals surface area contributed by atoms with E-state index in [1.165, 1.54) is 6.26 Å². The van der Waals surface area contributed by atoms with Crippen LogP contribution in [0.15, 0.2) is 34.3 Å². The highest BCUT2D eigenvalue weighted by Crippen LogP contribution is 2.13. The molecular weight excluding hydrogens is 250 g/mol. The van der Waals surface area contributed by atoms with Gasteiger partial charge in [0.1, 0.15) is 5.76 Å². The summed E-state index contributed by atoms with van der Waals surface area (Å²) in [4.78, 5) is 15.9. The Kier molecular flexibility index (Phi) is 4.09. The zero-order valence-corrected chi connectivity index (χ0v) is 11.2. The van der Waals surface area contributed by atoms with E-state index in [1.54, 1.807) is 30.9 Å². The van der Waals surface area contributed by atoms with E-state index in [9.17, 15) is 4.79 Å². The van der Waals surface area contributed by atoms with E-state index in [2.05, 4.69) is 10.3 Å². The minimum Gasteiger partial charge on any atom is -0.469 e. The van der Waals surface area contributed by atoms with Gasteiger partial charge in [-0.3, -0.25) is 4.79 Å². The molecule has 0 aromatic carbocycles. The Labute approximate surface area is 110 Å². The Morgan fingerprint density at radius 1 is 1.61 bits per heavy atom. The number of carbonyl (C=O) groups is 1. The number of rotatable bonds is 5. The number of thioether (sulfide) groups is 1. The fraction of sp³-hybridized carbons (Fsp3) is 0.333. The van der Waals surface area contributed by atoms with E-state index >= 15 is 0 Å². The third-order valence-electron chi connectivity index (χ3n) is 2.50. The van der Waals surface area contributed by atoms with Crippen LogP contribution in [0.3, 0.4) is 0 Å². The summed E-state index contributed by atoms with van der Waals surface area (Å²) in [7, 11) is 1.95. The molecule has 0 bridgehead atoms. The lowest BCUT2D eigenvalue weighted by Gasteiger charge is -2.04. The van der Waals surface area contributed by atoms with Crippen LogP contribution in [0.25, 0.3) is 0 Å². The van der Waals surface area contributed by atoms with Gasteiger partial charge in [-0.1, -0.05) is 11.8 Å². The van der Waals surface area contributed by atoms with Crippen molar-refractivity contribution in [3.8, 4) is 0 Å². The Morgan fingerprint density at radius 2 is 2.44 bits per heavy atom. The predicted molar refractivity (Wildman–Crippen MR) is 69.7 cm³/mol. The van der Waals surface area contributed by atoms with E-state index in [0.29, 0.717) is 17.9 Å². The molecule has 0 radical (unpaired) electrons. The lowest BCUT2D eigenvalue weighted by Crippen LogP contribution is -2.25. The standard InChI is InChI=1S/C12H15N3O2S/c1-9-10(3-7-17-9)11(16)13-5-8-18-12-14-4-6-15(12)2/h3-4,6-7H,5,8H2,1-2H3,(H,13,16). The number of aryl methyl sites for hydroxylation is 2. The van der Waals surface area contributed by atoms with Crippen molar-refractivity contribution in [2.45, 2.75) is 12.1 Å². The highest BCUT2D eigenvalue weighted by molar-refractivity contribution is 7.99. The van der Waals surface area contributed by atoms with Crippen LogP contribution in [0.2, 0.25) is 0 Å². The first kappa shape index (κ1) is 12.8. The van der Waals surface area contributed by atoms with Crippen molar-refractivity contribution >= 4 is 17.7 Å². The van der Waals surface area contributed by atoms with Gasteiger partial charge >= 0.3 is 0 Å². The molecule has 96 valence electrons. The monoisotopic (exact) mass is 265 g/mol. The van der Waals surface area contributed by atoms with Crippen LogP contribution in [0.5, 0.6) is 0 Å². The normalized spacial score (nSPS) is 10.6. The summed E-state index contributed by atoms with van der Waals surface area (Å²) in [5.74, 6) is 1.33. The first-order chi connectivity index (χ1) is 8.68. The zero-order chi connectivity index (χ0) is 13.0. The van der Waals surface area contributed by atoms with Crippen LogP contribution in [0.4, 0.5) is 0 Å². The quantitative estimate of drug-likeness (QED) is 0.662. The second-order valence-electron chi connectivity index (χ2n) is 3.82. The van der Waals surface area contributed by atoms with E-state index in [0.717, 1.165) is 10.9 Å². The molecule has 0 spiro atoms. The van der Waals surface area contributed by atoms with Gasteiger partial charge in [-0.15, -0.1) is 0 Å². The van der Waals surface area contributed by atoms with E-state index in [-0.39, 0.29) is 5.91 Å². The summed E-state index contributed by atoms with van der Waals surface area (Å²) in [5, 5.41) is 3.80. The van der Waals surface area contributed by atoms with Crippen LogP contribution < -0.4 is 5.32 Å². The molecule has 2 aromatic heterocycles. The van der Waals surface area contributed by atoms with Crippen molar-refractivity contribution in [3.63, 3.8) is 0 Å². The summed E-state index contributed by atoms with van der Waals surface area (Å²) < 4.78 is 7.04. The summed E-state index contributed by atoms with van der Waals surface area (Å²) in [6.45, 7) is 2.37. The van der Waals surface area contributed by atoms with Crippen molar-refractivity contribution in [2.75, 3.05) is 12.3 Å². The number of hydrogen-bond acceptors (Lipinski definition) is 4. The zero-order valence-electron chi connectivity index (χ0n) is 10.3. The molecule has 0 aliphatic carbocycles. The van der Waals surface area contributed by atoms with Gasteiger partial charge in [0.05, 0.1) is 11.8 Å². The van der Waals surface area contributed by atoms with Gasteiger partial charge in [0.25, 0.3) is 5.91 Å². The molecule has 2 aromatic rings. The van der Waals surface area contributed by atoms with Crippen molar-refractivity contribution in [3.05, 3.63) is 36.0 Å². The number of amides is 1. The number of aromatic nitrogens is 2. The third-order valence-corrected chi connectivity index (χ3v) is 3.56. The van der Waals surface area contributed by atoms with Crippen molar-refractivity contribution in [2.24, 2.45) is 7.05 Å². The minimum absolute atomic E-state index is 0.0957. The Hall–Kier alpha value is -1.69. The van der Waals surface area contributed by atoms with Gasteiger partial charge in [0.15, 0.2) is 5.16 Å². The third kappa shape index (κ3) is 2.95. The summed E-state index contributed by atoms with van der Waals surface area (Å²) in [6, 6.07) is 1.68. The summed E-state index contributed by atoms with van der Waals surface area (Å²) >= 11 is 1.61. The maximum Gasteiger partial charge on any atom is 0.254 e. The van der Waals surface area contributed by atoms with Gasteiger partial charge in [-0.05, 0) is 13.0 Å². The number of carbonyl (C=O) groups excluding carboxylic acids is 1. The van der Waals surface area contributed by atoms with Crippen LogP contribution in [-0.2, 0) is 7.05 Å². The first-order valence-corrected chi connectivity index (χ1v) is 6.59. The van der Waals surface area contributed by atoms with Crippen molar-refractivity contribution < 1.29 is 9.21 Å². The topological polar surface area (TPSA) is 60.1 Å². The maximum atomic E-state index is 11.8. The second kappa shape index (κ2) is 5.77. The molecule has 0 saturated heterocycles. The van der Waals surface area contributed by atoms with E-state index in [1.807, 2.05) is 17.8 Å². The molecule has 0 atom stereocenters. The average molecular weight is 265 g/mol. The number of furan rings is 1. The fourth-order valence-corrected chi connectivity index (χ4v) is 2.30. The van der Waals surface area contributed by atoms with Gasteiger partial charge in [0.2, 0.25) is 0 Å². The molecule has 2 heterocycles. The van der Waals surface area contributed by atoms with Gasteiger partial charge in [0, 0.05) is 31.7 Å². The molecule has 0 saturated carbocycles. The molecule has 2 rings (SSSR count). The maximum absolute atomic E-state index is 11.8. The Morgan fingerprint density at radius 3 is 3.06 bits per heavy atom. The molecule has 0 aliphatic heterocycles.